The molecule has 1 amide bonds. The Morgan fingerprint density at radius 1 is 1.47 bits per heavy atom. The zero-order valence-corrected chi connectivity index (χ0v) is 9.76. The van der Waals surface area contributed by atoms with E-state index in [0.717, 1.165) is 0 Å². The number of hydrogen-bond donors (Lipinski definition) is 1. The van der Waals surface area contributed by atoms with Crippen LogP contribution in [0.1, 0.15) is 6.42 Å². The molecule has 4 atom stereocenters. The topological polar surface area (TPSA) is 66.8 Å². The summed E-state index contributed by atoms with van der Waals surface area (Å²) < 4.78 is 42.6. The lowest BCUT2D eigenvalue weighted by Crippen LogP contribution is -2.45. The number of alkyl halides is 3. The van der Waals surface area contributed by atoms with Crippen molar-refractivity contribution in [2.75, 3.05) is 6.61 Å². The van der Waals surface area contributed by atoms with Crippen LogP contribution in [-0.2, 0) is 9.53 Å². The highest BCUT2D eigenvalue weighted by Gasteiger charge is 2.73. The summed E-state index contributed by atoms with van der Waals surface area (Å²) in [5.41, 5.74) is 0. The van der Waals surface area contributed by atoms with Gasteiger partial charge in [0, 0.05) is 0 Å². The van der Waals surface area contributed by atoms with Gasteiger partial charge in [-0.25, -0.2) is 9.59 Å². The maximum atomic E-state index is 12.6. The van der Waals surface area contributed by atoms with Crippen molar-refractivity contribution in [2.24, 2.45) is 11.8 Å². The van der Waals surface area contributed by atoms with E-state index in [1.165, 1.54) is 6.08 Å². The summed E-state index contributed by atoms with van der Waals surface area (Å²) >= 11 is 0. The first-order valence-corrected chi connectivity index (χ1v) is 5.64. The van der Waals surface area contributed by atoms with E-state index in [2.05, 4.69) is 11.3 Å². The molecule has 0 bridgehead atoms. The van der Waals surface area contributed by atoms with E-state index >= 15 is 0 Å². The largest absolute Gasteiger partial charge is 0.480 e. The third-order valence-electron chi connectivity index (χ3n) is 3.48. The normalized spacial score (nSPS) is 32.7. The van der Waals surface area contributed by atoms with E-state index in [0.29, 0.717) is 4.90 Å². The quantitative estimate of drug-likeness (QED) is 0.798. The van der Waals surface area contributed by atoms with Gasteiger partial charge in [0.1, 0.15) is 12.6 Å². The summed E-state index contributed by atoms with van der Waals surface area (Å²) in [5.74, 6) is -3.79. The Kier molecular flexibility index (Phi) is 3.19. The zero-order valence-electron chi connectivity index (χ0n) is 9.76. The van der Waals surface area contributed by atoms with Gasteiger partial charge >= 0.3 is 18.2 Å². The number of amides is 1. The predicted molar refractivity (Wildman–Crippen MR) is 56.2 cm³/mol. The van der Waals surface area contributed by atoms with Gasteiger partial charge < -0.3 is 9.84 Å². The van der Waals surface area contributed by atoms with E-state index in [1.54, 1.807) is 0 Å². The van der Waals surface area contributed by atoms with Crippen LogP contribution in [0.15, 0.2) is 12.7 Å². The molecule has 2 fully saturated rings. The van der Waals surface area contributed by atoms with Crippen molar-refractivity contribution in [3.8, 4) is 0 Å². The predicted octanol–water partition coefficient (Wildman–Crippen LogP) is 1.64. The summed E-state index contributed by atoms with van der Waals surface area (Å²) in [6.45, 7) is 3.13. The lowest BCUT2D eigenvalue weighted by Gasteiger charge is -2.25. The van der Waals surface area contributed by atoms with E-state index in [4.69, 9.17) is 5.11 Å². The highest BCUT2D eigenvalue weighted by molar-refractivity contribution is 5.82. The minimum atomic E-state index is -4.42. The zero-order chi connectivity index (χ0) is 14.4. The number of piperidine rings is 1. The second-order valence-electron chi connectivity index (χ2n) is 4.58. The Morgan fingerprint density at radius 3 is 2.58 bits per heavy atom. The molecular weight excluding hydrogens is 267 g/mol. The van der Waals surface area contributed by atoms with Crippen molar-refractivity contribution in [1.82, 2.24) is 4.90 Å². The molecule has 1 heterocycles. The average molecular weight is 279 g/mol. The van der Waals surface area contributed by atoms with Crippen LogP contribution in [0.25, 0.3) is 0 Å². The molecule has 1 saturated heterocycles. The number of likely N-dealkylation sites (tertiary alicyclic amines) is 1. The second kappa shape index (κ2) is 4.43. The first-order chi connectivity index (χ1) is 8.79. The molecule has 2 aliphatic rings. The van der Waals surface area contributed by atoms with E-state index in [9.17, 15) is 22.8 Å². The molecule has 1 aliphatic heterocycles. The van der Waals surface area contributed by atoms with E-state index in [-0.39, 0.29) is 13.0 Å². The van der Waals surface area contributed by atoms with Gasteiger partial charge in [-0.15, -0.1) is 0 Å². The van der Waals surface area contributed by atoms with E-state index < -0.39 is 42.2 Å². The maximum Gasteiger partial charge on any atom is 0.411 e. The van der Waals surface area contributed by atoms with Crippen LogP contribution in [0.3, 0.4) is 0 Å². The molecule has 1 N–H and O–H groups in total. The van der Waals surface area contributed by atoms with Gasteiger partial charge in [0.15, 0.2) is 0 Å². The van der Waals surface area contributed by atoms with Crippen LogP contribution < -0.4 is 0 Å². The molecule has 8 heteroatoms. The van der Waals surface area contributed by atoms with Crippen molar-refractivity contribution in [3.63, 3.8) is 0 Å². The SMILES string of the molecule is C=CCOC(=O)N1[C@@H]2[C@H](C[C@H]1C(=O)O)[C@H]2C(F)(F)F. The van der Waals surface area contributed by atoms with Gasteiger partial charge in [-0.1, -0.05) is 12.7 Å². The molecule has 0 radical (unpaired) electrons. The lowest BCUT2D eigenvalue weighted by atomic mass is 10.1. The first kappa shape index (κ1) is 13.7. The van der Waals surface area contributed by atoms with E-state index in [1.807, 2.05) is 0 Å². The third-order valence-corrected chi connectivity index (χ3v) is 3.48. The summed E-state index contributed by atoms with van der Waals surface area (Å²) in [6.07, 6.45) is -4.38. The number of aliphatic carboxylic acids is 1. The molecule has 19 heavy (non-hydrogen) atoms. The fourth-order valence-electron chi connectivity index (χ4n) is 2.71. The Morgan fingerprint density at radius 2 is 2.11 bits per heavy atom. The van der Waals surface area contributed by atoms with Crippen LogP contribution in [0, 0.1) is 11.8 Å². The molecule has 0 spiro atoms. The summed E-state index contributed by atoms with van der Waals surface area (Å²) in [4.78, 5) is 23.3. The number of carboxylic acid groups (broad SMARTS) is 1. The number of ether oxygens (including phenoxy) is 1. The van der Waals surface area contributed by atoms with Gasteiger partial charge in [0.25, 0.3) is 0 Å². The van der Waals surface area contributed by atoms with Gasteiger partial charge in [-0.05, 0) is 12.3 Å². The smallest absolute Gasteiger partial charge is 0.411 e. The molecule has 106 valence electrons. The van der Waals surface area contributed by atoms with Crippen LogP contribution in [0.4, 0.5) is 18.0 Å². The number of carbonyl (C=O) groups excluding carboxylic acids is 1. The van der Waals surface area contributed by atoms with Crippen LogP contribution in [-0.4, -0.2) is 46.9 Å². The molecular formula is C11H12F3NO4. The highest BCUT2D eigenvalue weighted by atomic mass is 19.4. The number of carbonyl (C=O) groups is 2. The number of fused-ring (bicyclic) bond motifs is 1. The lowest BCUT2D eigenvalue weighted by molar-refractivity contribution is -0.162. The van der Waals surface area contributed by atoms with Crippen molar-refractivity contribution in [2.45, 2.75) is 24.7 Å². The minimum absolute atomic E-state index is 0.171. The fraction of sp³-hybridized carbons (Fsp3) is 0.636. The van der Waals surface area contributed by atoms with Crippen LogP contribution >= 0.6 is 0 Å². The number of nitrogens with zero attached hydrogens (tertiary/aromatic N) is 1. The Balaban J connectivity index is 2.13. The molecule has 1 aliphatic carbocycles. The fourth-order valence-corrected chi connectivity index (χ4v) is 2.71. The summed E-state index contributed by atoms with van der Waals surface area (Å²) in [7, 11) is 0. The number of rotatable bonds is 3. The van der Waals surface area contributed by atoms with Gasteiger partial charge in [0.2, 0.25) is 0 Å². The molecule has 0 aromatic rings. The average Bonchev–Trinajstić information content (AvgIpc) is 2.89. The minimum Gasteiger partial charge on any atom is -0.480 e. The molecule has 0 unspecified atom stereocenters. The van der Waals surface area contributed by atoms with Crippen molar-refractivity contribution in [3.05, 3.63) is 12.7 Å². The van der Waals surface area contributed by atoms with Gasteiger partial charge in [-0.2, -0.15) is 13.2 Å². The number of carboxylic acids is 1. The Hall–Kier alpha value is -1.73. The van der Waals surface area contributed by atoms with Gasteiger partial charge in [0.05, 0.1) is 12.0 Å². The second-order valence-corrected chi connectivity index (χ2v) is 4.58. The van der Waals surface area contributed by atoms with Crippen LogP contribution in [0.2, 0.25) is 0 Å². The Bertz CT molecular complexity index is 423. The van der Waals surface area contributed by atoms with Crippen molar-refractivity contribution in [1.29, 1.82) is 0 Å². The monoisotopic (exact) mass is 279 g/mol. The van der Waals surface area contributed by atoms with Gasteiger partial charge in [-0.3, -0.25) is 4.90 Å². The van der Waals surface area contributed by atoms with Crippen molar-refractivity contribution < 1.29 is 32.6 Å². The standard InChI is InChI=1S/C11H12F3NO4/c1-2-3-19-10(18)15-6(9(16)17)4-5-7(8(5)15)11(12,13)14/h2,5-8H,1,3-4H2,(H,16,17)/t5-,6+,7-,8-/m1/s1. The summed E-state index contributed by atoms with van der Waals surface area (Å²) in [5, 5.41) is 8.93. The molecule has 0 aromatic carbocycles. The number of hydrogen-bond acceptors (Lipinski definition) is 3. The Labute approximate surface area is 106 Å². The molecule has 1 saturated carbocycles. The first-order valence-electron chi connectivity index (χ1n) is 5.64. The molecule has 2 rings (SSSR count). The molecule has 5 nitrogen and oxygen atoms in total. The van der Waals surface area contributed by atoms with Crippen LogP contribution in [0.5, 0.6) is 0 Å². The third kappa shape index (κ3) is 2.26. The summed E-state index contributed by atoms with van der Waals surface area (Å²) in [6, 6.07) is -2.36. The number of halogens is 3. The highest BCUT2D eigenvalue weighted by Crippen LogP contribution is 2.60. The van der Waals surface area contributed by atoms with Crippen molar-refractivity contribution >= 4 is 12.1 Å². The maximum absolute atomic E-state index is 12.6. The molecule has 0 aromatic heterocycles.